The van der Waals surface area contributed by atoms with Gasteiger partial charge in [-0.25, -0.2) is 4.79 Å². The summed E-state index contributed by atoms with van der Waals surface area (Å²) in [6, 6.07) is 0. The maximum Gasteiger partial charge on any atom is 0.410 e. The van der Waals surface area contributed by atoms with Gasteiger partial charge in [0.25, 0.3) is 5.89 Å². The maximum atomic E-state index is 12.9. The predicted octanol–water partition coefficient (Wildman–Crippen LogP) is 2.54. The van der Waals surface area contributed by atoms with Crippen molar-refractivity contribution in [2.45, 2.75) is 58.8 Å². The first kappa shape index (κ1) is 22.0. The first-order valence-electron chi connectivity index (χ1n) is 10.6. The number of carbonyl (C=O) groups excluding carboxylic acids is 1. The fourth-order valence-corrected chi connectivity index (χ4v) is 3.74. The lowest BCUT2D eigenvalue weighted by Gasteiger charge is -2.33. The minimum atomic E-state index is -0.511. The Labute approximate surface area is 184 Å². The summed E-state index contributed by atoms with van der Waals surface area (Å²) >= 11 is 0. The van der Waals surface area contributed by atoms with Crippen LogP contribution in [0.25, 0.3) is 22.5 Å². The number of pyridine rings is 1. The molecule has 1 aliphatic heterocycles. The lowest BCUT2D eigenvalue weighted by atomic mass is 10.1. The van der Waals surface area contributed by atoms with Gasteiger partial charge in [-0.2, -0.15) is 10.1 Å². The SMILES string of the molecule is Cc1nn(C)c2[nH]cc(-c3nc(COC4CCN(C(=O)OC(C)(C)C)CC4)no3)c(=O)c12. The summed E-state index contributed by atoms with van der Waals surface area (Å²) < 4.78 is 18.2. The molecule has 0 aliphatic carbocycles. The summed E-state index contributed by atoms with van der Waals surface area (Å²) in [4.78, 5) is 34.1. The number of nitrogens with zero attached hydrogens (tertiary/aromatic N) is 5. The van der Waals surface area contributed by atoms with E-state index in [9.17, 15) is 9.59 Å². The molecule has 4 rings (SSSR count). The van der Waals surface area contributed by atoms with Crippen LogP contribution < -0.4 is 5.43 Å². The predicted molar refractivity (Wildman–Crippen MR) is 115 cm³/mol. The van der Waals surface area contributed by atoms with E-state index in [2.05, 4.69) is 20.2 Å². The normalized spacial score (nSPS) is 15.5. The molecule has 3 aromatic rings. The van der Waals surface area contributed by atoms with E-state index in [1.165, 1.54) is 0 Å². The molecule has 1 aliphatic rings. The van der Waals surface area contributed by atoms with E-state index in [-0.39, 0.29) is 35.7 Å². The van der Waals surface area contributed by atoms with Crippen molar-refractivity contribution in [2.75, 3.05) is 13.1 Å². The molecule has 3 aromatic heterocycles. The fourth-order valence-electron chi connectivity index (χ4n) is 3.74. The number of aryl methyl sites for hydroxylation is 2. The molecule has 4 heterocycles. The van der Waals surface area contributed by atoms with Gasteiger partial charge in [0.05, 0.1) is 17.2 Å². The third kappa shape index (κ3) is 4.52. The summed E-state index contributed by atoms with van der Waals surface area (Å²) in [5, 5.41) is 8.71. The highest BCUT2D eigenvalue weighted by Crippen LogP contribution is 2.20. The van der Waals surface area contributed by atoms with E-state index in [1.807, 2.05) is 20.8 Å². The number of piperidine rings is 1. The fraction of sp³-hybridized carbons (Fsp3) is 0.571. The van der Waals surface area contributed by atoms with E-state index in [0.29, 0.717) is 48.5 Å². The molecule has 0 bridgehead atoms. The second-order valence-electron chi connectivity index (χ2n) is 8.96. The molecule has 0 radical (unpaired) electrons. The van der Waals surface area contributed by atoms with Crippen molar-refractivity contribution < 1.29 is 18.8 Å². The molecular weight excluding hydrogens is 416 g/mol. The Morgan fingerprint density at radius 2 is 2.03 bits per heavy atom. The van der Waals surface area contributed by atoms with Gasteiger partial charge in [-0.1, -0.05) is 5.16 Å². The van der Waals surface area contributed by atoms with Crippen molar-refractivity contribution in [3.8, 4) is 11.5 Å². The van der Waals surface area contributed by atoms with E-state index >= 15 is 0 Å². The highest BCUT2D eigenvalue weighted by molar-refractivity contribution is 5.81. The van der Waals surface area contributed by atoms with E-state index in [4.69, 9.17) is 14.0 Å². The van der Waals surface area contributed by atoms with Crippen LogP contribution in [-0.4, -0.2) is 60.7 Å². The standard InChI is InChI=1S/C21H28N6O5/c1-12-16-17(28)14(10-22-18(16)26(5)24-12)19-23-15(25-32-19)11-30-13-6-8-27(9-7-13)20(29)31-21(2,3)4/h10,13H,6-9,11H2,1-5H3,(H,22,28). The first-order valence-corrected chi connectivity index (χ1v) is 10.6. The third-order valence-corrected chi connectivity index (χ3v) is 5.29. The number of hydrogen-bond donors (Lipinski definition) is 1. The number of fused-ring (bicyclic) bond motifs is 1. The van der Waals surface area contributed by atoms with Crippen LogP contribution in [0.3, 0.4) is 0 Å². The van der Waals surface area contributed by atoms with Crippen LogP contribution in [0.1, 0.15) is 45.1 Å². The summed E-state index contributed by atoms with van der Waals surface area (Å²) in [6.45, 7) is 8.63. The van der Waals surface area contributed by atoms with Gasteiger partial charge < -0.3 is 23.9 Å². The monoisotopic (exact) mass is 444 g/mol. The molecule has 1 N–H and O–H groups in total. The largest absolute Gasteiger partial charge is 0.444 e. The molecule has 0 unspecified atom stereocenters. The van der Waals surface area contributed by atoms with Crippen molar-refractivity contribution >= 4 is 17.1 Å². The van der Waals surface area contributed by atoms with Crippen LogP contribution in [0, 0.1) is 6.92 Å². The number of aromatic nitrogens is 5. The van der Waals surface area contributed by atoms with Crippen molar-refractivity contribution in [1.29, 1.82) is 0 Å². The second-order valence-corrected chi connectivity index (χ2v) is 8.96. The van der Waals surface area contributed by atoms with Crippen LogP contribution >= 0.6 is 0 Å². The van der Waals surface area contributed by atoms with Gasteiger partial charge in [0, 0.05) is 26.3 Å². The highest BCUT2D eigenvalue weighted by Gasteiger charge is 2.27. The van der Waals surface area contributed by atoms with Gasteiger partial charge >= 0.3 is 6.09 Å². The zero-order valence-electron chi connectivity index (χ0n) is 19.0. The van der Waals surface area contributed by atoms with E-state index < -0.39 is 5.60 Å². The van der Waals surface area contributed by atoms with Crippen molar-refractivity contribution in [2.24, 2.45) is 7.05 Å². The lowest BCUT2D eigenvalue weighted by Crippen LogP contribution is -2.43. The molecule has 11 nitrogen and oxygen atoms in total. The Hall–Kier alpha value is -3.21. The summed E-state index contributed by atoms with van der Waals surface area (Å²) in [5.74, 6) is 0.492. The summed E-state index contributed by atoms with van der Waals surface area (Å²) in [5.41, 5.74) is 0.833. The van der Waals surface area contributed by atoms with Crippen LogP contribution in [0.2, 0.25) is 0 Å². The molecule has 1 fully saturated rings. The minimum absolute atomic E-state index is 0.0200. The molecule has 0 aromatic carbocycles. The lowest BCUT2D eigenvalue weighted by molar-refractivity contribution is -0.0190. The molecule has 0 spiro atoms. The van der Waals surface area contributed by atoms with Crippen molar-refractivity contribution in [1.82, 2.24) is 29.8 Å². The van der Waals surface area contributed by atoms with Crippen LogP contribution in [0.4, 0.5) is 4.79 Å². The Kier molecular flexibility index (Phi) is 5.76. The number of rotatable bonds is 4. The Morgan fingerprint density at radius 1 is 1.31 bits per heavy atom. The van der Waals surface area contributed by atoms with E-state index in [1.54, 1.807) is 29.7 Å². The van der Waals surface area contributed by atoms with Gasteiger partial charge in [0.1, 0.15) is 23.4 Å². The second kappa shape index (κ2) is 8.38. The molecular formula is C21H28N6O5. The van der Waals surface area contributed by atoms with Crippen LogP contribution in [0.15, 0.2) is 15.5 Å². The molecule has 0 atom stereocenters. The number of amides is 1. The number of carbonyl (C=O) groups is 1. The topological polar surface area (TPSA) is 128 Å². The smallest absolute Gasteiger partial charge is 0.410 e. The zero-order valence-corrected chi connectivity index (χ0v) is 19.0. The molecule has 32 heavy (non-hydrogen) atoms. The Bertz CT molecular complexity index is 1180. The van der Waals surface area contributed by atoms with Gasteiger partial charge in [-0.15, -0.1) is 0 Å². The van der Waals surface area contributed by atoms with Crippen molar-refractivity contribution in [3.63, 3.8) is 0 Å². The van der Waals surface area contributed by atoms with Crippen molar-refractivity contribution in [3.05, 3.63) is 27.9 Å². The molecule has 1 saturated heterocycles. The van der Waals surface area contributed by atoms with E-state index in [0.717, 1.165) is 0 Å². The minimum Gasteiger partial charge on any atom is -0.444 e. The molecule has 11 heteroatoms. The maximum absolute atomic E-state index is 12.9. The van der Waals surface area contributed by atoms with Gasteiger partial charge in [0.15, 0.2) is 5.82 Å². The average Bonchev–Trinajstić information content (AvgIpc) is 3.30. The number of nitrogens with one attached hydrogen (secondary N) is 1. The molecule has 0 saturated carbocycles. The Balaban J connectivity index is 1.36. The Morgan fingerprint density at radius 3 is 2.72 bits per heavy atom. The number of likely N-dealkylation sites (tertiary alicyclic amines) is 1. The first-order chi connectivity index (χ1) is 15.1. The quantitative estimate of drug-likeness (QED) is 0.650. The number of aromatic amines is 1. The van der Waals surface area contributed by atoms with Gasteiger partial charge in [0.2, 0.25) is 5.43 Å². The third-order valence-electron chi connectivity index (χ3n) is 5.29. The van der Waals surface area contributed by atoms with Gasteiger partial charge in [-0.05, 0) is 40.5 Å². The highest BCUT2D eigenvalue weighted by atomic mass is 16.6. The summed E-state index contributed by atoms with van der Waals surface area (Å²) in [6.07, 6.45) is 2.62. The number of H-pyrrole nitrogens is 1. The van der Waals surface area contributed by atoms with Crippen LogP contribution in [0.5, 0.6) is 0 Å². The summed E-state index contributed by atoms with van der Waals surface area (Å²) in [7, 11) is 1.77. The zero-order chi connectivity index (χ0) is 23.0. The number of ether oxygens (including phenoxy) is 2. The molecule has 172 valence electrons. The van der Waals surface area contributed by atoms with Crippen LogP contribution in [-0.2, 0) is 23.1 Å². The van der Waals surface area contributed by atoms with Gasteiger partial charge in [-0.3, -0.25) is 9.48 Å². The molecule has 1 amide bonds. The average molecular weight is 444 g/mol. The number of hydrogen-bond acceptors (Lipinski definition) is 8.